The number of benzene rings is 1. The first-order valence-corrected chi connectivity index (χ1v) is 6.68. The molecule has 0 atom stereocenters. The van der Waals surface area contributed by atoms with Crippen LogP contribution in [0.5, 0.6) is 5.75 Å². The van der Waals surface area contributed by atoms with E-state index < -0.39 is 4.99 Å². The van der Waals surface area contributed by atoms with E-state index in [-0.39, 0.29) is 5.78 Å². The number of ether oxygens (including phenoxy) is 1. The molecular formula is C12H16N2O2S. The summed E-state index contributed by atoms with van der Waals surface area (Å²) >= 11 is 1.48. The van der Waals surface area contributed by atoms with E-state index in [9.17, 15) is 4.79 Å². The zero-order chi connectivity index (χ0) is 12.3. The minimum Gasteiger partial charge on any atom is -0.497 e. The minimum absolute atomic E-state index is 0.0430. The summed E-state index contributed by atoms with van der Waals surface area (Å²) < 4.78 is 5.13. The summed E-state index contributed by atoms with van der Waals surface area (Å²) in [5, 5.41) is 6.43. The summed E-state index contributed by atoms with van der Waals surface area (Å²) in [5.41, 5.74) is 0.653. The maximum absolute atomic E-state index is 12.5. The van der Waals surface area contributed by atoms with E-state index in [1.165, 1.54) is 11.8 Å². The van der Waals surface area contributed by atoms with E-state index in [0.717, 1.165) is 13.1 Å². The van der Waals surface area contributed by atoms with Crippen molar-refractivity contribution < 1.29 is 9.53 Å². The molecular weight excluding hydrogens is 236 g/mol. The number of Topliss-reactive ketones (excluding diaryl/α,β-unsaturated/α-hetero) is 1. The molecule has 0 aliphatic carbocycles. The predicted molar refractivity (Wildman–Crippen MR) is 69.6 cm³/mol. The average Bonchev–Trinajstić information content (AvgIpc) is 2.88. The number of thioether (sulfide) groups is 1. The van der Waals surface area contributed by atoms with E-state index in [1.807, 2.05) is 24.5 Å². The Morgan fingerprint density at radius 1 is 1.41 bits per heavy atom. The van der Waals surface area contributed by atoms with Gasteiger partial charge in [0.25, 0.3) is 0 Å². The Bertz CT molecular complexity index is 417. The summed E-state index contributed by atoms with van der Waals surface area (Å²) in [6.45, 7) is 1.60. The maximum Gasteiger partial charge on any atom is 0.208 e. The summed E-state index contributed by atoms with van der Waals surface area (Å²) in [4.78, 5) is 11.8. The van der Waals surface area contributed by atoms with E-state index in [4.69, 9.17) is 4.74 Å². The molecule has 0 unspecified atom stereocenters. The van der Waals surface area contributed by atoms with Gasteiger partial charge in [-0.1, -0.05) is 12.1 Å². The van der Waals surface area contributed by atoms with Crippen molar-refractivity contribution in [1.82, 2.24) is 10.6 Å². The molecule has 17 heavy (non-hydrogen) atoms. The number of rotatable bonds is 4. The van der Waals surface area contributed by atoms with E-state index >= 15 is 0 Å². The lowest BCUT2D eigenvalue weighted by Gasteiger charge is -2.26. The molecule has 0 radical (unpaired) electrons. The van der Waals surface area contributed by atoms with E-state index in [0.29, 0.717) is 11.3 Å². The average molecular weight is 252 g/mol. The standard InChI is InChI=1S/C12H16N2O2S/c1-16-10-5-3-4-9(8-10)11(15)12(17-2)13-6-7-14-12/h3-5,8,13-14H,6-7H2,1-2H3. The Balaban J connectivity index is 2.29. The third-order valence-electron chi connectivity index (χ3n) is 2.83. The smallest absolute Gasteiger partial charge is 0.208 e. The van der Waals surface area contributed by atoms with Gasteiger partial charge in [0.05, 0.1) is 7.11 Å². The first kappa shape index (κ1) is 12.4. The van der Waals surface area contributed by atoms with Crippen molar-refractivity contribution in [3.05, 3.63) is 29.8 Å². The lowest BCUT2D eigenvalue weighted by Crippen LogP contribution is -2.52. The van der Waals surface area contributed by atoms with Gasteiger partial charge in [0.1, 0.15) is 5.75 Å². The molecule has 1 aliphatic rings. The third-order valence-corrected chi connectivity index (χ3v) is 3.92. The van der Waals surface area contributed by atoms with Gasteiger partial charge < -0.3 is 4.74 Å². The molecule has 1 fully saturated rings. The second kappa shape index (κ2) is 5.08. The van der Waals surface area contributed by atoms with Gasteiger partial charge >= 0.3 is 0 Å². The van der Waals surface area contributed by atoms with Crippen molar-refractivity contribution in [2.24, 2.45) is 0 Å². The van der Waals surface area contributed by atoms with Crippen LogP contribution in [0.1, 0.15) is 10.4 Å². The highest BCUT2D eigenvalue weighted by Gasteiger charge is 2.40. The van der Waals surface area contributed by atoms with Crippen LogP contribution in [0.25, 0.3) is 0 Å². The first-order chi connectivity index (χ1) is 8.22. The van der Waals surface area contributed by atoms with Crippen LogP contribution in [0.15, 0.2) is 24.3 Å². The molecule has 1 aromatic carbocycles. The summed E-state index contributed by atoms with van der Waals surface area (Å²) in [6, 6.07) is 7.24. The number of hydrogen-bond acceptors (Lipinski definition) is 5. The van der Waals surface area contributed by atoms with Crippen molar-refractivity contribution in [3.63, 3.8) is 0 Å². The molecule has 0 saturated carbocycles. The molecule has 1 aromatic rings. The van der Waals surface area contributed by atoms with Crippen LogP contribution in [0.4, 0.5) is 0 Å². The van der Waals surface area contributed by atoms with Gasteiger partial charge in [0, 0.05) is 18.7 Å². The normalized spacial score (nSPS) is 18.0. The van der Waals surface area contributed by atoms with Gasteiger partial charge in [0.2, 0.25) is 5.78 Å². The van der Waals surface area contributed by atoms with Gasteiger partial charge in [-0.15, -0.1) is 11.8 Å². The van der Waals surface area contributed by atoms with Crippen LogP contribution in [0.2, 0.25) is 0 Å². The fourth-order valence-corrected chi connectivity index (χ4v) is 2.70. The Morgan fingerprint density at radius 2 is 2.12 bits per heavy atom. The molecule has 1 heterocycles. The molecule has 2 rings (SSSR count). The molecule has 0 bridgehead atoms. The van der Waals surface area contributed by atoms with Crippen molar-refractivity contribution >= 4 is 17.5 Å². The van der Waals surface area contributed by atoms with E-state index in [2.05, 4.69) is 10.6 Å². The SMILES string of the molecule is COc1cccc(C(=O)C2(SC)NCCN2)c1. The van der Waals surface area contributed by atoms with Gasteiger partial charge in [0.15, 0.2) is 4.99 Å². The summed E-state index contributed by atoms with van der Waals surface area (Å²) in [6.07, 6.45) is 1.92. The van der Waals surface area contributed by atoms with Crippen LogP contribution >= 0.6 is 11.8 Å². The quantitative estimate of drug-likeness (QED) is 0.786. The summed E-state index contributed by atoms with van der Waals surface area (Å²) in [5.74, 6) is 0.742. The topological polar surface area (TPSA) is 50.4 Å². The van der Waals surface area contributed by atoms with Crippen molar-refractivity contribution in [2.75, 3.05) is 26.5 Å². The highest BCUT2D eigenvalue weighted by atomic mass is 32.2. The predicted octanol–water partition coefficient (Wildman–Crippen LogP) is 1.09. The second-order valence-electron chi connectivity index (χ2n) is 3.80. The van der Waals surface area contributed by atoms with Gasteiger partial charge in [-0.2, -0.15) is 0 Å². The number of nitrogens with one attached hydrogen (secondary N) is 2. The zero-order valence-electron chi connectivity index (χ0n) is 9.95. The molecule has 92 valence electrons. The molecule has 2 N–H and O–H groups in total. The lowest BCUT2D eigenvalue weighted by atomic mass is 10.1. The van der Waals surface area contributed by atoms with Crippen LogP contribution < -0.4 is 15.4 Å². The number of hydrogen-bond donors (Lipinski definition) is 2. The third kappa shape index (κ3) is 2.31. The lowest BCUT2D eigenvalue weighted by molar-refractivity contribution is 0.0921. The van der Waals surface area contributed by atoms with E-state index in [1.54, 1.807) is 13.2 Å². The Labute approximate surface area is 105 Å². The number of methoxy groups -OCH3 is 1. The zero-order valence-corrected chi connectivity index (χ0v) is 10.8. The first-order valence-electron chi connectivity index (χ1n) is 5.46. The van der Waals surface area contributed by atoms with Gasteiger partial charge in [-0.05, 0) is 18.4 Å². The molecule has 5 heteroatoms. The highest BCUT2D eigenvalue weighted by molar-refractivity contribution is 8.00. The molecule has 4 nitrogen and oxygen atoms in total. The van der Waals surface area contributed by atoms with Crippen molar-refractivity contribution in [1.29, 1.82) is 0 Å². The van der Waals surface area contributed by atoms with Crippen molar-refractivity contribution in [3.8, 4) is 5.75 Å². The van der Waals surface area contributed by atoms with Crippen molar-refractivity contribution in [2.45, 2.75) is 4.99 Å². The molecule has 1 aliphatic heterocycles. The molecule has 0 amide bonds. The minimum atomic E-state index is -0.688. The fourth-order valence-electron chi connectivity index (χ4n) is 1.90. The largest absolute Gasteiger partial charge is 0.497 e. The Morgan fingerprint density at radius 3 is 2.71 bits per heavy atom. The maximum atomic E-state index is 12.5. The Kier molecular flexibility index (Phi) is 3.71. The van der Waals surface area contributed by atoms with Crippen LogP contribution in [0, 0.1) is 0 Å². The molecule has 0 spiro atoms. The fraction of sp³-hybridized carbons (Fsp3) is 0.417. The second-order valence-corrected chi connectivity index (χ2v) is 4.82. The van der Waals surface area contributed by atoms with Crippen LogP contribution in [-0.2, 0) is 0 Å². The van der Waals surface area contributed by atoms with Gasteiger partial charge in [-0.25, -0.2) is 0 Å². The molecule has 0 aromatic heterocycles. The van der Waals surface area contributed by atoms with Crippen LogP contribution in [-0.4, -0.2) is 37.2 Å². The monoisotopic (exact) mass is 252 g/mol. The Hall–Kier alpha value is -1.04. The number of ketones is 1. The number of carbonyl (C=O) groups is 1. The summed E-state index contributed by atoms with van der Waals surface area (Å²) in [7, 11) is 1.60. The number of carbonyl (C=O) groups excluding carboxylic acids is 1. The molecule has 1 saturated heterocycles. The van der Waals surface area contributed by atoms with Gasteiger partial charge in [-0.3, -0.25) is 15.4 Å². The van der Waals surface area contributed by atoms with Crippen LogP contribution in [0.3, 0.4) is 0 Å². The highest BCUT2D eigenvalue weighted by Crippen LogP contribution is 2.25.